The van der Waals surface area contributed by atoms with Gasteiger partial charge >= 0.3 is 0 Å². The standard InChI is InChI=1S/C12H19NO/c1-6-7-10(4)8-11(5)12(14)13-9(2)3/h6-9H,5H2,1-4H3,(H,13,14)/b7-6-,10-8-. The van der Waals surface area contributed by atoms with Gasteiger partial charge in [-0.25, -0.2) is 0 Å². The fourth-order valence-electron chi connectivity index (χ4n) is 1.01. The molecule has 0 rings (SSSR count). The highest BCUT2D eigenvalue weighted by atomic mass is 16.1. The summed E-state index contributed by atoms with van der Waals surface area (Å²) in [5.41, 5.74) is 1.52. The van der Waals surface area contributed by atoms with E-state index in [1.165, 1.54) is 0 Å². The summed E-state index contributed by atoms with van der Waals surface area (Å²) in [6.07, 6.45) is 5.64. The van der Waals surface area contributed by atoms with E-state index in [1.54, 1.807) is 6.08 Å². The monoisotopic (exact) mass is 193 g/mol. The molecule has 0 bridgehead atoms. The van der Waals surface area contributed by atoms with Crippen LogP contribution in [-0.2, 0) is 4.79 Å². The molecule has 2 heteroatoms. The van der Waals surface area contributed by atoms with Gasteiger partial charge in [0.2, 0.25) is 0 Å². The first-order chi connectivity index (χ1) is 6.47. The lowest BCUT2D eigenvalue weighted by Crippen LogP contribution is -2.30. The van der Waals surface area contributed by atoms with Crippen molar-refractivity contribution in [3.8, 4) is 0 Å². The van der Waals surface area contributed by atoms with Gasteiger partial charge in [-0.2, -0.15) is 0 Å². The Hall–Kier alpha value is -1.31. The average Bonchev–Trinajstić information content (AvgIpc) is 2.02. The number of rotatable bonds is 4. The molecule has 0 atom stereocenters. The number of nitrogens with one attached hydrogen (secondary N) is 1. The third kappa shape index (κ3) is 5.36. The number of hydrogen-bond acceptors (Lipinski definition) is 1. The number of carbonyl (C=O) groups is 1. The van der Waals surface area contributed by atoms with Crippen molar-refractivity contribution in [2.45, 2.75) is 33.7 Å². The summed E-state index contributed by atoms with van der Waals surface area (Å²) in [6.45, 7) is 11.4. The first kappa shape index (κ1) is 12.7. The number of amides is 1. The molecule has 0 aromatic carbocycles. The highest BCUT2D eigenvalue weighted by molar-refractivity contribution is 5.95. The van der Waals surface area contributed by atoms with Crippen LogP contribution in [0.25, 0.3) is 0 Å². The molecule has 0 aliphatic carbocycles. The van der Waals surface area contributed by atoms with Gasteiger partial charge in [-0.3, -0.25) is 4.79 Å². The molecule has 0 spiro atoms. The van der Waals surface area contributed by atoms with E-state index in [9.17, 15) is 4.79 Å². The van der Waals surface area contributed by atoms with E-state index < -0.39 is 0 Å². The Labute approximate surface area is 86.4 Å². The smallest absolute Gasteiger partial charge is 0.250 e. The SMILES string of the molecule is C=C(/C=C(C)\C=C/C)C(=O)NC(C)C. The minimum absolute atomic E-state index is 0.108. The van der Waals surface area contributed by atoms with E-state index in [0.717, 1.165) is 5.57 Å². The second kappa shape index (κ2) is 6.19. The molecule has 1 amide bonds. The largest absolute Gasteiger partial charge is 0.350 e. The van der Waals surface area contributed by atoms with Gasteiger partial charge in [-0.1, -0.05) is 24.3 Å². The van der Waals surface area contributed by atoms with Gasteiger partial charge in [0.05, 0.1) is 0 Å². The van der Waals surface area contributed by atoms with Crippen molar-refractivity contribution >= 4 is 5.91 Å². The van der Waals surface area contributed by atoms with Gasteiger partial charge in [-0.05, 0) is 33.8 Å². The fraction of sp³-hybridized carbons (Fsp3) is 0.417. The van der Waals surface area contributed by atoms with Crippen molar-refractivity contribution < 1.29 is 4.79 Å². The number of carbonyl (C=O) groups excluding carboxylic acids is 1. The zero-order valence-corrected chi connectivity index (χ0v) is 9.42. The Morgan fingerprint density at radius 1 is 1.43 bits per heavy atom. The van der Waals surface area contributed by atoms with Crippen LogP contribution in [0.1, 0.15) is 27.7 Å². The summed E-state index contributed by atoms with van der Waals surface area (Å²) in [7, 11) is 0. The molecule has 78 valence electrons. The van der Waals surface area contributed by atoms with Crippen LogP contribution >= 0.6 is 0 Å². The Balaban J connectivity index is 4.34. The molecular weight excluding hydrogens is 174 g/mol. The van der Waals surface area contributed by atoms with E-state index >= 15 is 0 Å². The molecule has 0 saturated carbocycles. The fourth-order valence-corrected chi connectivity index (χ4v) is 1.01. The van der Waals surface area contributed by atoms with Crippen molar-refractivity contribution in [2.24, 2.45) is 0 Å². The predicted molar refractivity (Wildman–Crippen MR) is 61.0 cm³/mol. The van der Waals surface area contributed by atoms with Crippen molar-refractivity contribution in [3.05, 3.63) is 36.0 Å². The van der Waals surface area contributed by atoms with Gasteiger partial charge in [0.1, 0.15) is 0 Å². The van der Waals surface area contributed by atoms with E-state index in [4.69, 9.17) is 0 Å². The zero-order valence-electron chi connectivity index (χ0n) is 9.42. The molecule has 14 heavy (non-hydrogen) atoms. The molecule has 0 aliphatic rings. The summed E-state index contributed by atoms with van der Waals surface area (Å²) in [5.74, 6) is -0.108. The van der Waals surface area contributed by atoms with Crippen LogP contribution in [0.5, 0.6) is 0 Å². The first-order valence-electron chi connectivity index (χ1n) is 4.78. The highest BCUT2D eigenvalue weighted by Gasteiger charge is 2.04. The maximum Gasteiger partial charge on any atom is 0.250 e. The molecule has 2 nitrogen and oxygen atoms in total. The Kier molecular flexibility index (Phi) is 5.61. The quantitative estimate of drug-likeness (QED) is 0.539. The molecule has 0 radical (unpaired) electrons. The molecule has 0 unspecified atom stereocenters. The number of hydrogen-bond donors (Lipinski definition) is 1. The molecule has 0 heterocycles. The minimum Gasteiger partial charge on any atom is -0.350 e. The summed E-state index contributed by atoms with van der Waals surface area (Å²) >= 11 is 0. The molecule has 0 fully saturated rings. The summed E-state index contributed by atoms with van der Waals surface area (Å²) in [6, 6.07) is 0.148. The highest BCUT2D eigenvalue weighted by Crippen LogP contribution is 2.02. The van der Waals surface area contributed by atoms with Gasteiger partial charge in [-0.15, -0.1) is 0 Å². The van der Waals surface area contributed by atoms with Crippen molar-refractivity contribution in [3.63, 3.8) is 0 Å². The molecule has 0 aliphatic heterocycles. The Morgan fingerprint density at radius 2 is 2.00 bits per heavy atom. The summed E-state index contributed by atoms with van der Waals surface area (Å²) < 4.78 is 0. The lowest BCUT2D eigenvalue weighted by Gasteiger charge is -2.07. The minimum atomic E-state index is -0.108. The Bertz CT molecular complexity index is 272. The second-order valence-corrected chi connectivity index (χ2v) is 3.54. The first-order valence-corrected chi connectivity index (χ1v) is 4.78. The van der Waals surface area contributed by atoms with Crippen molar-refractivity contribution in [1.82, 2.24) is 5.32 Å². The average molecular weight is 193 g/mol. The third-order valence-corrected chi connectivity index (χ3v) is 1.54. The second-order valence-electron chi connectivity index (χ2n) is 3.54. The summed E-state index contributed by atoms with van der Waals surface area (Å²) in [4.78, 5) is 11.4. The maximum absolute atomic E-state index is 11.4. The van der Waals surface area contributed by atoms with E-state index in [2.05, 4.69) is 11.9 Å². The van der Waals surface area contributed by atoms with Crippen LogP contribution in [-0.4, -0.2) is 11.9 Å². The van der Waals surface area contributed by atoms with Crippen LogP contribution in [0.3, 0.4) is 0 Å². The van der Waals surface area contributed by atoms with E-state index in [0.29, 0.717) is 5.57 Å². The molecular formula is C12H19NO. The van der Waals surface area contributed by atoms with Crippen LogP contribution in [0.15, 0.2) is 36.0 Å². The van der Waals surface area contributed by atoms with Crippen LogP contribution in [0.2, 0.25) is 0 Å². The zero-order chi connectivity index (χ0) is 11.1. The lowest BCUT2D eigenvalue weighted by molar-refractivity contribution is -0.117. The topological polar surface area (TPSA) is 29.1 Å². The van der Waals surface area contributed by atoms with Gasteiger partial charge in [0.25, 0.3) is 5.91 Å². The molecule has 0 aromatic heterocycles. The van der Waals surface area contributed by atoms with Crippen molar-refractivity contribution in [1.29, 1.82) is 0 Å². The summed E-state index contributed by atoms with van der Waals surface area (Å²) in [5, 5.41) is 2.78. The predicted octanol–water partition coefficient (Wildman–Crippen LogP) is 2.59. The van der Waals surface area contributed by atoms with E-state index in [1.807, 2.05) is 39.8 Å². The lowest BCUT2D eigenvalue weighted by atomic mass is 10.1. The Morgan fingerprint density at radius 3 is 2.43 bits per heavy atom. The maximum atomic E-state index is 11.4. The van der Waals surface area contributed by atoms with Gasteiger partial charge in [0.15, 0.2) is 0 Å². The van der Waals surface area contributed by atoms with E-state index in [-0.39, 0.29) is 11.9 Å². The third-order valence-electron chi connectivity index (χ3n) is 1.54. The van der Waals surface area contributed by atoms with Crippen LogP contribution < -0.4 is 5.32 Å². The normalized spacial score (nSPS) is 12.2. The van der Waals surface area contributed by atoms with Crippen molar-refractivity contribution in [2.75, 3.05) is 0 Å². The van der Waals surface area contributed by atoms with Gasteiger partial charge in [0, 0.05) is 11.6 Å². The molecule has 1 N–H and O–H groups in total. The number of allylic oxidation sites excluding steroid dienone is 3. The van der Waals surface area contributed by atoms with Gasteiger partial charge < -0.3 is 5.32 Å². The van der Waals surface area contributed by atoms with Crippen LogP contribution in [0.4, 0.5) is 0 Å². The molecule has 0 saturated heterocycles. The van der Waals surface area contributed by atoms with Crippen LogP contribution in [0, 0.1) is 0 Å². The molecule has 0 aromatic rings.